The first-order valence-corrected chi connectivity index (χ1v) is 7.26. The fourth-order valence-electron chi connectivity index (χ4n) is 1.29. The van der Waals surface area contributed by atoms with E-state index in [4.69, 9.17) is 5.84 Å². The van der Waals surface area contributed by atoms with Crippen molar-refractivity contribution in [3.8, 4) is 0 Å². The van der Waals surface area contributed by atoms with Crippen LogP contribution in [0.4, 0.5) is 18.3 Å². The Kier molecular flexibility index (Phi) is 4.37. The lowest BCUT2D eigenvalue weighted by atomic mass is 10.6. The smallest absolute Gasteiger partial charge is 0.335 e. The van der Waals surface area contributed by atoms with Crippen LogP contribution in [-0.2, 0) is 16.7 Å². The van der Waals surface area contributed by atoms with Crippen molar-refractivity contribution in [2.45, 2.75) is 24.0 Å². The van der Waals surface area contributed by atoms with Crippen LogP contribution in [0.25, 0.3) is 0 Å². The molecule has 21 heavy (non-hydrogen) atoms. The average Bonchev–Trinajstić information content (AvgIpc) is 2.92. The quantitative estimate of drug-likeness (QED) is 0.650. The number of carbonyl (C=O) groups excluding carboxylic acids is 1. The molecule has 12 heteroatoms. The van der Waals surface area contributed by atoms with E-state index in [-0.39, 0.29) is 16.8 Å². The van der Waals surface area contributed by atoms with Crippen molar-refractivity contribution in [2.75, 3.05) is 11.2 Å². The maximum absolute atomic E-state index is 12.5. The number of thioether (sulfide) groups is 1. The van der Waals surface area contributed by atoms with Crippen LogP contribution in [-0.4, -0.2) is 25.8 Å². The molecule has 1 amide bonds. The second-order valence-corrected chi connectivity index (χ2v) is 5.59. The molecule has 0 spiro atoms. The molecule has 0 saturated carbocycles. The van der Waals surface area contributed by atoms with Crippen LogP contribution < -0.4 is 11.2 Å². The van der Waals surface area contributed by atoms with Crippen LogP contribution in [0.2, 0.25) is 0 Å². The lowest BCUT2D eigenvalue weighted by molar-refractivity contribution is -0.146. The summed E-state index contributed by atoms with van der Waals surface area (Å²) in [4.78, 5) is 14.9. The van der Waals surface area contributed by atoms with Gasteiger partial charge in [0, 0.05) is 18.1 Å². The predicted octanol–water partition coefficient (Wildman–Crippen LogP) is 1.72. The van der Waals surface area contributed by atoms with Gasteiger partial charge in [-0.15, -0.1) is 21.5 Å². The van der Waals surface area contributed by atoms with E-state index in [0.29, 0.717) is 15.5 Å². The van der Waals surface area contributed by atoms with Crippen molar-refractivity contribution in [1.82, 2.24) is 19.9 Å². The summed E-state index contributed by atoms with van der Waals surface area (Å²) in [5.41, 5.74) is 0.588. The van der Waals surface area contributed by atoms with E-state index in [9.17, 15) is 18.0 Å². The molecule has 0 fully saturated rings. The zero-order valence-electron chi connectivity index (χ0n) is 10.5. The summed E-state index contributed by atoms with van der Waals surface area (Å²) in [5, 5.41) is 10.9. The molecule has 0 atom stereocenters. The Bertz CT molecular complexity index is 652. The number of carbonyl (C=O) groups is 1. The number of amides is 1. The monoisotopic (exact) mass is 338 g/mol. The average molecular weight is 338 g/mol. The summed E-state index contributed by atoms with van der Waals surface area (Å²) in [7, 11) is 0. The molecular formula is C9H9F3N6OS2. The van der Waals surface area contributed by atoms with Crippen LogP contribution in [0.1, 0.15) is 18.4 Å². The van der Waals surface area contributed by atoms with Crippen molar-refractivity contribution in [3.63, 3.8) is 0 Å². The zero-order valence-corrected chi connectivity index (χ0v) is 12.1. The highest BCUT2D eigenvalue weighted by Gasteiger charge is 2.38. The van der Waals surface area contributed by atoms with Gasteiger partial charge in [-0.1, -0.05) is 11.8 Å². The number of nitrogen functional groups attached to an aromatic ring is 1. The van der Waals surface area contributed by atoms with Crippen LogP contribution in [0.15, 0.2) is 10.5 Å². The maximum Gasteiger partial charge on any atom is 0.453 e. The van der Waals surface area contributed by atoms with Gasteiger partial charge < -0.3 is 11.2 Å². The van der Waals surface area contributed by atoms with Gasteiger partial charge in [-0.3, -0.25) is 4.79 Å². The molecule has 2 heterocycles. The first-order chi connectivity index (χ1) is 9.77. The Balaban J connectivity index is 2.02. The highest BCUT2D eigenvalue weighted by Crippen LogP contribution is 2.30. The number of nitrogens with two attached hydrogens (primary N) is 1. The van der Waals surface area contributed by atoms with Gasteiger partial charge in [0.2, 0.25) is 11.1 Å². The van der Waals surface area contributed by atoms with E-state index in [1.54, 1.807) is 5.38 Å². The SMILES string of the molecule is CC(=O)Nc1nc(CSc2nnc(C(F)(F)F)n2N)cs1. The summed E-state index contributed by atoms with van der Waals surface area (Å²) in [5.74, 6) is 4.04. The molecule has 2 aromatic rings. The third-order valence-corrected chi connectivity index (χ3v) is 3.89. The number of alkyl halides is 3. The standard InChI is InChI=1S/C9H9F3N6OS2/c1-4(19)14-7-15-5(2-20-7)3-21-8-17-16-6(18(8)13)9(10,11)12/h2H,3,13H2,1H3,(H,14,15,19). The van der Waals surface area contributed by atoms with E-state index in [0.717, 1.165) is 11.8 Å². The fourth-order valence-corrected chi connectivity index (χ4v) is 2.90. The highest BCUT2D eigenvalue weighted by atomic mass is 32.2. The van der Waals surface area contributed by atoms with Crippen LogP contribution in [0.5, 0.6) is 0 Å². The number of nitrogens with one attached hydrogen (secondary N) is 1. The zero-order chi connectivity index (χ0) is 15.6. The summed E-state index contributed by atoms with van der Waals surface area (Å²) in [6.45, 7) is 1.35. The molecule has 0 saturated heterocycles. The number of rotatable bonds is 4. The van der Waals surface area contributed by atoms with Crippen molar-refractivity contribution in [1.29, 1.82) is 0 Å². The number of aromatic nitrogens is 4. The van der Waals surface area contributed by atoms with Gasteiger partial charge >= 0.3 is 6.18 Å². The molecule has 0 aromatic carbocycles. The van der Waals surface area contributed by atoms with E-state index in [1.165, 1.54) is 18.3 Å². The third-order valence-electron chi connectivity index (χ3n) is 2.10. The molecule has 2 rings (SSSR count). The van der Waals surface area contributed by atoms with Gasteiger partial charge in [0.1, 0.15) is 0 Å². The maximum atomic E-state index is 12.5. The Morgan fingerprint density at radius 1 is 1.52 bits per heavy atom. The second kappa shape index (κ2) is 5.89. The summed E-state index contributed by atoms with van der Waals surface area (Å²) in [6, 6.07) is 0. The molecule has 0 aliphatic carbocycles. The Labute approximate surface area is 124 Å². The first kappa shape index (κ1) is 15.6. The lowest BCUT2D eigenvalue weighted by Crippen LogP contribution is -2.21. The van der Waals surface area contributed by atoms with Crippen LogP contribution in [0, 0.1) is 0 Å². The van der Waals surface area contributed by atoms with Crippen LogP contribution in [0.3, 0.4) is 0 Å². The van der Waals surface area contributed by atoms with Gasteiger partial charge in [0.05, 0.1) is 5.69 Å². The normalized spacial score (nSPS) is 11.6. The van der Waals surface area contributed by atoms with Gasteiger partial charge in [-0.05, 0) is 0 Å². The van der Waals surface area contributed by atoms with Crippen LogP contribution >= 0.6 is 23.1 Å². The molecule has 0 radical (unpaired) electrons. The van der Waals surface area contributed by atoms with E-state index in [1.807, 2.05) is 0 Å². The Morgan fingerprint density at radius 3 is 2.81 bits per heavy atom. The summed E-state index contributed by atoms with van der Waals surface area (Å²) < 4.78 is 37.9. The topological polar surface area (TPSA) is 98.7 Å². The molecule has 3 N–H and O–H groups in total. The minimum Gasteiger partial charge on any atom is -0.335 e. The van der Waals surface area contributed by atoms with Gasteiger partial charge in [-0.2, -0.15) is 13.2 Å². The minimum absolute atomic E-state index is 0.0728. The largest absolute Gasteiger partial charge is 0.453 e. The van der Waals surface area contributed by atoms with Gasteiger partial charge in [0.15, 0.2) is 5.13 Å². The second-order valence-electron chi connectivity index (χ2n) is 3.79. The number of anilines is 1. The summed E-state index contributed by atoms with van der Waals surface area (Å²) in [6.07, 6.45) is -4.65. The first-order valence-electron chi connectivity index (χ1n) is 5.40. The lowest BCUT2D eigenvalue weighted by Gasteiger charge is -2.05. The van der Waals surface area contributed by atoms with Crippen molar-refractivity contribution >= 4 is 34.1 Å². The minimum atomic E-state index is -4.65. The Hall–Kier alpha value is -1.82. The molecule has 114 valence electrons. The predicted molar refractivity (Wildman–Crippen MR) is 71.2 cm³/mol. The van der Waals surface area contributed by atoms with E-state index < -0.39 is 12.0 Å². The number of halogens is 3. The van der Waals surface area contributed by atoms with Gasteiger partial charge in [-0.25, -0.2) is 9.66 Å². The molecule has 2 aromatic heterocycles. The van der Waals surface area contributed by atoms with Crippen molar-refractivity contribution in [3.05, 3.63) is 16.9 Å². The summed E-state index contributed by atoms with van der Waals surface area (Å²) >= 11 is 2.18. The van der Waals surface area contributed by atoms with Gasteiger partial charge in [0.25, 0.3) is 5.82 Å². The molecule has 0 aliphatic rings. The molecular weight excluding hydrogens is 329 g/mol. The highest BCUT2D eigenvalue weighted by molar-refractivity contribution is 7.98. The number of thiazole rings is 1. The van der Waals surface area contributed by atoms with E-state index in [2.05, 4.69) is 20.5 Å². The molecule has 0 bridgehead atoms. The van der Waals surface area contributed by atoms with Crippen molar-refractivity contribution < 1.29 is 18.0 Å². The van der Waals surface area contributed by atoms with Crippen molar-refractivity contribution in [2.24, 2.45) is 0 Å². The molecule has 7 nitrogen and oxygen atoms in total. The Morgan fingerprint density at radius 2 is 2.24 bits per heavy atom. The number of hydrogen-bond donors (Lipinski definition) is 2. The number of hydrogen-bond acceptors (Lipinski definition) is 7. The molecule has 0 aliphatic heterocycles. The number of nitrogens with zero attached hydrogens (tertiary/aromatic N) is 4. The third kappa shape index (κ3) is 3.85. The fraction of sp³-hybridized carbons (Fsp3) is 0.333. The van der Waals surface area contributed by atoms with E-state index >= 15 is 0 Å². The molecule has 0 unspecified atom stereocenters.